The van der Waals surface area contributed by atoms with Gasteiger partial charge in [-0.15, -0.1) is 0 Å². The molecule has 2 heterocycles. The van der Waals surface area contributed by atoms with Gasteiger partial charge >= 0.3 is 11.7 Å². The highest BCUT2D eigenvalue weighted by Gasteiger charge is 2.18. The largest absolute Gasteiger partial charge is 0.421 e. The van der Waals surface area contributed by atoms with E-state index in [0.29, 0.717) is 17.8 Å². The van der Waals surface area contributed by atoms with Crippen molar-refractivity contribution in [2.24, 2.45) is 0 Å². The van der Waals surface area contributed by atoms with Crippen LogP contribution in [0.15, 0.2) is 33.5 Å². The summed E-state index contributed by atoms with van der Waals surface area (Å²) in [6.45, 7) is 1.14. The van der Waals surface area contributed by atoms with Crippen molar-refractivity contribution in [3.63, 3.8) is 0 Å². The van der Waals surface area contributed by atoms with Gasteiger partial charge in [-0.3, -0.25) is 5.32 Å². The number of fused-ring (bicyclic) bond motifs is 1. The summed E-state index contributed by atoms with van der Waals surface area (Å²) in [5.41, 5.74) is 0.493. The number of hydrogen-bond acceptors (Lipinski definition) is 5. The van der Waals surface area contributed by atoms with Crippen molar-refractivity contribution in [3.05, 3.63) is 34.7 Å². The number of amides is 2. The van der Waals surface area contributed by atoms with E-state index in [0.717, 1.165) is 24.8 Å². The first kappa shape index (κ1) is 15.4. The summed E-state index contributed by atoms with van der Waals surface area (Å²) < 4.78 is 10.7. The van der Waals surface area contributed by atoms with Crippen molar-refractivity contribution in [2.45, 2.75) is 18.9 Å². The van der Waals surface area contributed by atoms with Crippen LogP contribution in [0, 0.1) is 0 Å². The molecule has 1 aromatic heterocycles. The molecule has 1 unspecified atom stereocenters. The summed E-state index contributed by atoms with van der Waals surface area (Å²) in [5, 5.41) is 8.97. The van der Waals surface area contributed by atoms with Gasteiger partial charge in [0.1, 0.15) is 5.58 Å². The third kappa shape index (κ3) is 3.29. The fourth-order valence-corrected chi connectivity index (χ4v) is 2.69. The van der Waals surface area contributed by atoms with Crippen LogP contribution in [-0.4, -0.2) is 32.3 Å². The van der Waals surface area contributed by atoms with Crippen molar-refractivity contribution in [1.29, 1.82) is 0 Å². The van der Waals surface area contributed by atoms with Crippen molar-refractivity contribution >= 4 is 28.4 Å². The molecule has 1 aromatic carbocycles. The summed E-state index contributed by atoms with van der Waals surface area (Å²) in [7, 11) is 1.69. The lowest BCUT2D eigenvalue weighted by atomic mass is 10.2. The van der Waals surface area contributed by atoms with Crippen molar-refractivity contribution < 1.29 is 13.9 Å². The highest BCUT2D eigenvalue weighted by molar-refractivity contribution is 6.01. The second-order valence-corrected chi connectivity index (χ2v) is 5.36. The molecule has 3 rings (SSSR count). The molecule has 0 radical (unpaired) electrons. The van der Waals surface area contributed by atoms with E-state index >= 15 is 0 Å². The Hall–Kier alpha value is -2.54. The third-order valence-corrected chi connectivity index (χ3v) is 3.82. The van der Waals surface area contributed by atoms with Gasteiger partial charge in [0.2, 0.25) is 0 Å². The zero-order valence-corrected chi connectivity index (χ0v) is 12.8. The van der Waals surface area contributed by atoms with Crippen LogP contribution < -0.4 is 21.6 Å². The normalized spacial score (nSPS) is 17.2. The number of carbonyl (C=O) groups excluding carboxylic acids is 1. The Morgan fingerprint density at radius 1 is 1.30 bits per heavy atom. The molecule has 1 fully saturated rings. The number of benzene rings is 1. The highest BCUT2D eigenvalue weighted by atomic mass is 16.5. The van der Waals surface area contributed by atoms with Crippen LogP contribution in [0.5, 0.6) is 0 Å². The van der Waals surface area contributed by atoms with Crippen molar-refractivity contribution in [1.82, 2.24) is 5.32 Å². The summed E-state index contributed by atoms with van der Waals surface area (Å²) in [5.74, 6) is 0. The quantitative estimate of drug-likeness (QED) is 0.751. The Labute approximate surface area is 133 Å². The van der Waals surface area contributed by atoms with Gasteiger partial charge in [0.15, 0.2) is 5.69 Å². The topological polar surface area (TPSA) is 92.6 Å². The molecule has 1 aliphatic rings. The predicted molar refractivity (Wildman–Crippen MR) is 88.0 cm³/mol. The summed E-state index contributed by atoms with van der Waals surface area (Å²) in [6, 6.07) is 6.69. The molecule has 2 aromatic rings. The van der Waals surface area contributed by atoms with E-state index in [4.69, 9.17) is 9.15 Å². The standard InChI is InChI=1S/C16H19N3O4/c1-17-13-11-6-2-3-7-12(11)23-15(20)14(13)19-16(21)18-9-10-5-4-8-22-10/h2-3,6-7,10,17H,4-5,8-9H2,1H3,(H2,18,19,21). The monoisotopic (exact) mass is 317 g/mol. The van der Waals surface area contributed by atoms with E-state index in [1.165, 1.54) is 0 Å². The predicted octanol–water partition coefficient (Wildman–Crippen LogP) is 2.14. The molecule has 0 bridgehead atoms. The molecule has 7 heteroatoms. The number of urea groups is 1. The summed E-state index contributed by atoms with van der Waals surface area (Å²) >= 11 is 0. The van der Waals surface area contributed by atoms with Gasteiger partial charge < -0.3 is 19.8 Å². The van der Waals surface area contributed by atoms with Gasteiger partial charge in [0.05, 0.1) is 11.8 Å². The number of hydrogen-bond donors (Lipinski definition) is 3. The summed E-state index contributed by atoms with van der Waals surface area (Å²) in [6.07, 6.45) is 1.98. The second-order valence-electron chi connectivity index (χ2n) is 5.36. The van der Waals surface area contributed by atoms with Gasteiger partial charge in [-0.25, -0.2) is 9.59 Å². The lowest BCUT2D eigenvalue weighted by Gasteiger charge is -2.14. The molecule has 1 atom stereocenters. The molecule has 2 amide bonds. The Balaban J connectivity index is 1.79. The van der Waals surface area contributed by atoms with Crippen LogP contribution in [0.3, 0.4) is 0 Å². The Bertz CT molecular complexity index is 765. The van der Waals surface area contributed by atoms with E-state index in [2.05, 4.69) is 16.0 Å². The third-order valence-electron chi connectivity index (χ3n) is 3.82. The number of anilines is 2. The Morgan fingerprint density at radius 2 is 2.13 bits per heavy atom. The highest BCUT2D eigenvalue weighted by Crippen LogP contribution is 2.27. The van der Waals surface area contributed by atoms with Gasteiger partial charge in [0.25, 0.3) is 0 Å². The zero-order valence-electron chi connectivity index (χ0n) is 12.8. The molecule has 0 spiro atoms. The van der Waals surface area contributed by atoms with E-state index in [1.54, 1.807) is 19.2 Å². The number of carbonyl (C=O) groups is 1. The average molecular weight is 317 g/mol. The molecule has 3 N–H and O–H groups in total. The fraction of sp³-hybridized carbons (Fsp3) is 0.375. The maximum absolute atomic E-state index is 12.1. The lowest BCUT2D eigenvalue weighted by Crippen LogP contribution is -2.36. The summed E-state index contributed by atoms with van der Waals surface area (Å²) in [4.78, 5) is 24.2. The molecule has 1 saturated heterocycles. The molecule has 0 aliphatic carbocycles. The molecular formula is C16H19N3O4. The van der Waals surface area contributed by atoms with Gasteiger partial charge in [0, 0.05) is 25.6 Å². The minimum Gasteiger partial charge on any atom is -0.421 e. The van der Waals surface area contributed by atoms with Crippen LogP contribution in [0.1, 0.15) is 12.8 Å². The molecule has 1 aliphatic heterocycles. The van der Waals surface area contributed by atoms with E-state index in [-0.39, 0.29) is 11.8 Å². The average Bonchev–Trinajstić information content (AvgIpc) is 3.07. The van der Waals surface area contributed by atoms with Crippen LogP contribution >= 0.6 is 0 Å². The Morgan fingerprint density at radius 3 is 2.87 bits per heavy atom. The Kier molecular flexibility index (Phi) is 4.47. The smallest absolute Gasteiger partial charge is 0.362 e. The van der Waals surface area contributed by atoms with Gasteiger partial charge in [-0.05, 0) is 25.0 Å². The molecule has 23 heavy (non-hydrogen) atoms. The molecular weight excluding hydrogens is 298 g/mol. The van der Waals surface area contributed by atoms with E-state index in [9.17, 15) is 9.59 Å². The minimum atomic E-state index is -0.597. The van der Waals surface area contributed by atoms with Crippen LogP contribution in [-0.2, 0) is 4.74 Å². The first-order valence-corrected chi connectivity index (χ1v) is 7.59. The maximum Gasteiger partial charge on any atom is 0.362 e. The van der Waals surface area contributed by atoms with Crippen LogP contribution in [0.4, 0.5) is 16.2 Å². The molecule has 7 nitrogen and oxygen atoms in total. The first-order valence-electron chi connectivity index (χ1n) is 7.59. The molecule has 0 saturated carbocycles. The fourth-order valence-electron chi connectivity index (χ4n) is 2.69. The number of nitrogens with one attached hydrogen (secondary N) is 3. The number of rotatable bonds is 4. The maximum atomic E-state index is 12.1. The lowest BCUT2D eigenvalue weighted by molar-refractivity contribution is 0.112. The number of ether oxygens (including phenoxy) is 1. The van der Waals surface area contributed by atoms with E-state index in [1.807, 2.05) is 12.1 Å². The van der Waals surface area contributed by atoms with Gasteiger partial charge in [-0.2, -0.15) is 0 Å². The second kappa shape index (κ2) is 6.70. The van der Waals surface area contributed by atoms with Crippen LogP contribution in [0.2, 0.25) is 0 Å². The van der Waals surface area contributed by atoms with Crippen molar-refractivity contribution in [3.8, 4) is 0 Å². The van der Waals surface area contributed by atoms with E-state index < -0.39 is 11.7 Å². The minimum absolute atomic E-state index is 0.0394. The van der Waals surface area contributed by atoms with Crippen LogP contribution in [0.25, 0.3) is 11.0 Å². The number of para-hydroxylation sites is 1. The zero-order chi connectivity index (χ0) is 16.2. The van der Waals surface area contributed by atoms with Gasteiger partial charge in [-0.1, -0.05) is 12.1 Å². The molecule has 122 valence electrons. The van der Waals surface area contributed by atoms with Crippen molar-refractivity contribution in [2.75, 3.05) is 30.8 Å². The first-order chi connectivity index (χ1) is 11.2. The SMILES string of the molecule is CNc1c(NC(=O)NCC2CCCO2)c(=O)oc2ccccc12.